The van der Waals surface area contributed by atoms with Gasteiger partial charge in [0.25, 0.3) is 0 Å². The van der Waals surface area contributed by atoms with Gasteiger partial charge in [0.15, 0.2) is 5.82 Å². The van der Waals surface area contributed by atoms with Gasteiger partial charge in [0.2, 0.25) is 5.91 Å². The minimum Gasteiger partial charge on any atom is -0.460 e. The van der Waals surface area contributed by atoms with E-state index in [1.807, 2.05) is 56.3 Å². The number of nitrogens with zero attached hydrogens (tertiary/aromatic N) is 3. The lowest BCUT2D eigenvalue weighted by atomic mass is 9.85. The Morgan fingerprint density at radius 1 is 1.14 bits per heavy atom. The van der Waals surface area contributed by atoms with Gasteiger partial charge >= 0.3 is 6.01 Å². The standard InChI is InChI=1S/C23H26N4O2/c1-15(2)29-23-25-21(20-10-5-4-7-16(20)3)27(26-23)19-13-11-18(12-14-19)24-22(28)17-8-6-9-17/h4-5,7,10-15,17H,6,8-9H2,1-3H3,(H,24,28). The molecule has 1 aromatic heterocycles. The van der Waals surface area contributed by atoms with Gasteiger partial charge in [-0.1, -0.05) is 30.7 Å². The first-order chi connectivity index (χ1) is 14.0. The molecule has 1 aliphatic carbocycles. The fourth-order valence-corrected chi connectivity index (χ4v) is 3.33. The molecule has 1 fully saturated rings. The minimum absolute atomic E-state index is 0.0142. The third-order valence-electron chi connectivity index (χ3n) is 5.17. The van der Waals surface area contributed by atoms with Crippen LogP contribution in [0.15, 0.2) is 48.5 Å². The second-order valence-electron chi connectivity index (χ2n) is 7.78. The van der Waals surface area contributed by atoms with Crippen LogP contribution in [0.1, 0.15) is 38.7 Å². The zero-order valence-corrected chi connectivity index (χ0v) is 17.1. The highest BCUT2D eigenvalue weighted by Gasteiger charge is 2.25. The summed E-state index contributed by atoms with van der Waals surface area (Å²) in [6.45, 7) is 5.96. The molecular weight excluding hydrogens is 364 g/mol. The van der Waals surface area contributed by atoms with Crippen molar-refractivity contribution in [3.8, 4) is 23.1 Å². The van der Waals surface area contributed by atoms with Crippen molar-refractivity contribution in [2.75, 3.05) is 5.32 Å². The molecule has 29 heavy (non-hydrogen) atoms. The monoisotopic (exact) mass is 390 g/mol. The summed E-state index contributed by atoms with van der Waals surface area (Å²) in [7, 11) is 0. The van der Waals surface area contributed by atoms with E-state index in [0.29, 0.717) is 6.01 Å². The predicted octanol–water partition coefficient (Wildman–Crippen LogP) is 4.77. The molecular formula is C23H26N4O2. The van der Waals surface area contributed by atoms with Crippen LogP contribution in [0.4, 0.5) is 5.69 Å². The van der Waals surface area contributed by atoms with Crippen LogP contribution in [0.2, 0.25) is 0 Å². The molecule has 0 saturated heterocycles. The van der Waals surface area contributed by atoms with Crippen molar-refractivity contribution in [2.45, 2.75) is 46.1 Å². The maximum Gasteiger partial charge on any atom is 0.336 e. The second kappa shape index (κ2) is 8.07. The first-order valence-electron chi connectivity index (χ1n) is 10.1. The fourth-order valence-electron chi connectivity index (χ4n) is 3.33. The number of carbonyl (C=O) groups excluding carboxylic acids is 1. The van der Waals surface area contributed by atoms with E-state index in [1.54, 1.807) is 4.68 Å². The van der Waals surface area contributed by atoms with E-state index >= 15 is 0 Å². The lowest BCUT2D eigenvalue weighted by Crippen LogP contribution is -2.27. The number of aryl methyl sites for hydroxylation is 1. The first kappa shape index (κ1) is 19.2. The highest BCUT2D eigenvalue weighted by atomic mass is 16.5. The van der Waals surface area contributed by atoms with Crippen molar-refractivity contribution < 1.29 is 9.53 Å². The van der Waals surface area contributed by atoms with Crippen molar-refractivity contribution in [3.63, 3.8) is 0 Å². The average Bonchev–Trinajstić information content (AvgIpc) is 3.04. The van der Waals surface area contributed by atoms with E-state index in [1.165, 1.54) is 0 Å². The largest absolute Gasteiger partial charge is 0.460 e. The molecule has 0 spiro atoms. The topological polar surface area (TPSA) is 69.0 Å². The van der Waals surface area contributed by atoms with Crippen LogP contribution in [0.3, 0.4) is 0 Å². The van der Waals surface area contributed by atoms with Crippen molar-refractivity contribution in [2.24, 2.45) is 5.92 Å². The molecule has 6 nitrogen and oxygen atoms in total. The zero-order chi connectivity index (χ0) is 20.4. The lowest BCUT2D eigenvalue weighted by molar-refractivity contribution is -0.122. The van der Waals surface area contributed by atoms with Gasteiger partial charge in [0.05, 0.1) is 11.8 Å². The van der Waals surface area contributed by atoms with Crippen molar-refractivity contribution in [1.29, 1.82) is 0 Å². The van der Waals surface area contributed by atoms with Crippen LogP contribution in [-0.4, -0.2) is 26.8 Å². The van der Waals surface area contributed by atoms with E-state index in [2.05, 4.69) is 28.4 Å². The molecule has 3 aromatic rings. The van der Waals surface area contributed by atoms with Gasteiger partial charge in [-0.3, -0.25) is 4.79 Å². The highest BCUT2D eigenvalue weighted by molar-refractivity contribution is 5.93. The summed E-state index contributed by atoms with van der Waals surface area (Å²) in [5.41, 5.74) is 3.76. The number of aromatic nitrogens is 3. The third kappa shape index (κ3) is 4.16. The van der Waals surface area contributed by atoms with Crippen LogP contribution in [0, 0.1) is 12.8 Å². The first-order valence-corrected chi connectivity index (χ1v) is 10.1. The van der Waals surface area contributed by atoms with Crippen LogP contribution < -0.4 is 10.1 Å². The Balaban J connectivity index is 1.65. The Morgan fingerprint density at radius 3 is 2.48 bits per heavy atom. The molecule has 6 heteroatoms. The number of ether oxygens (including phenoxy) is 1. The van der Waals surface area contributed by atoms with Crippen LogP contribution >= 0.6 is 0 Å². The molecule has 1 aliphatic rings. The molecule has 0 atom stereocenters. The van der Waals surface area contributed by atoms with E-state index in [0.717, 1.165) is 47.6 Å². The van der Waals surface area contributed by atoms with Crippen molar-refractivity contribution in [3.05, 3.63) is 54.1 Å². The molecule has 0 bridgehead atoms. The number of hydrogen-bond donors (Lipinski definition) is 1. The smallest absolute Gasteiger partial charge is 0.336 e. The number of carbonyl (C=O) groups is 1. The number of benzene rings is 2. The summed E-state index contributed by atoms with van der Waals surface area (Å²) < 4.78 is 7.53. The van der Waals surface area contributed by atoms with Crippen LogP contribution in [-0.2, 0) is 4.79 Å². The summed E-state index contributed by atoms with van der Waals surface area (Å²) in [6, 6.07) is 16.1. The molecule has 0 radical (unpaired) electrons. The number of nitrogens with one attached hydrogen (secondary N) is 1. The number of hydrogen-bond acceptors (Lipinski definition) is 4. The normalized spacial score (nSPS) is 13.9. The Kier molecular flexibility index (Phi) is 5.34. The molecule has 150 valence electrons. The van der Waals surface area contributed by atoms with Gasteiger partial charge in [0.1, 0.15) is 0 Å². The van der Waals surface area contributed by atoms with Gasteiger partial charge < -0.3 is 10.1 Å². The summed E-state index contributed by atoms with van der Waals surface area (Å²) in [6.07, 6.45) is 3.11. The van der Waals surface area contributed by atoms with Gasteiger partial charge in [0, 0.05) is 17.2 Å². The van der Waals surface area contributed by atoms with E-state index < -0.39 is 0 Å². The molecule has 0 aliphatic heterocycles. The molecule has 1 saturated carbocycles. The minimum atomic E-state index is -0.0142. The highest BCUT2D eigenvalue weighted by Crippen LogP contribution is 2.29. The quantitative estimate of drug-likeness (QED) is 0.658. The van der Waals surface area contributed by atoms with Gasteiger partial charge in [-0.15, -0.1) is 5.10 Å². The maximum atomic E-state index is 12.2. The summed E-state index contributed by atoms with van der Waals surface area (Å²) in [5, 5.41) is 7.58. The third-order valence-corrected chi connectivity index (χ3v) is 5.17. The predicted molar refractivity (Wildman–Crippen MR) is 113 cm³/mol. The van der Waals surface area contributed by atoms with Gasteiger partial charge in [-0.05, 0) is 63.4 Å². The van der Waals surface area contributed by atoms with Crippen molar-refractivity contribution in [1.82, 2.24) is 14.8 Å². The SMILES string of the molecule is Cc1ccccc1-c1nc(OC(C)C)nn1-c1ccc(NC(=O)C2CCC2)cc1. The lowest BCUT2D eigenvalue weighted by Gasteiger charge is -2.24. The molecule has 1 amide bonds. The van der Waals surface area contributed by atoms with E-state index in [4.69, 9.17) is 4.74 Å². The Morgan fingerprint density at radius 2 is 1.86 bits per heavy atom. The number of rotatable bonds is 6. The van der Waals surface area contributed by atoms with Crippen molar-refractivity contribution >= 4 is 11.6 Å². The van der Waals surface area contributed by atoms with Crippen LogP contribution in [0.25, 0.3) is 17.1 Å². The number of amides is 1. The maximum absolute atomic E-state index is 12.2. The average molecular weight is 390 g/mol. The van der Waals surface area contributed by atoms with Gasteiger partial charge in [-0.2, -0.15) is 4.98 Å². The second-order valence-corrected chi connectivity index (χ2v) is 7.78. The van der Waals surface area contributed by atoms with E-state index in [9.17, 15) is 4.79 Å². The molecule has 0 unspecified atom stereocenters. The van der Waals surface area contributed by atoms with Gasteiger partial charge in [-0.25, -0.2) is 4.68 Å². The molecule has 1 heterocycles. The van der Waals surface area contributed by atoms with Crippen LogP contribution in [0.5, 0.6) is 6.01 Å². The summed E-state index contributed by atoms with van der Waals surface area (Å²) in [4.78, 5) is 16.8. The summed E-state index contributed by atoms with van der Waals surface area (Å²) >= 11 is 0. The summed E-state index contributed by atoms with van der Waals surface area (Å²) in [5.74, 6) is 0.997. The molecule has 4 rings (SSSR count). The Labute approximate surface area is 170 Å². The fraction of sp³-hybridized carbons (Fsp3) is 0.348. The molecule has 2 aromatic carbocycles. The number of anilines is 1. The van der Waals surface area contributed by atoms with E-state index in [-0.39, 0.29) is 17.9 Å². The zero-order valence-electron chi connectivity index (χ0n) is 17.1. The Bertz CT molecular complexity index is 1000. The Hall–Kier alpha value is -3.15. The molecule has 1 N–H and O–H groups in total.